The zero-order valence-corrected chi connectivity index (χ0v) is 7.73. The van der Waals surface area contributed by atoms with Crippen LogP contribution in [0.4, 0.5) is 0 Å². The number of ether oxygens (including phenoxy) is 1. The molecular formula is C10H10O4. The molecule has 1 atom stereocenters. The molecule has 1 aliphatic rings. The fourth-order valence-electron chi connectivity index (χ4n) is 1.33. The summed E-state index contributed by atoms with van der Waals surface area (Å²) < 4.78 is 5.07. The van der Waals surface area contributed by atoms with Crippen LogP contribution in [-0.2, 0) is 25.1 Å². The number of carbonyl (C=O) groups is 1. The molecule has 0 saturated carbocycles. The Hall–Kier alpha value is -1.39. The predicted octanol–water partition coefficient (Wildman–Crippen LogP) is 1.36. The maximum atomic E-state index is 10.9. The Balaban J connectivity index is 2.25. The van der Waals surface area contributed by atoms with E-state index in [4.69, 9.17) is 9.62 Å². The van der Waals surface area contributed by atoms with Crippen molar-refractivity contribution in [1.29, 1.82) is 0 Å². The molecule has 0 N–H and O–H groups in total. The normalized spacial score (nSPS) is 25.2. The molecule has 14 heavy (non-hydrogen) atoms. The van der Waals surface area contributed by atoms with Crippen molar-refractivity contribution in [3.05, 3.63) is 35.9 Å². The summed E-state index contributed by atoms with van der Waals surface area (Å²) in [5.41, 5.74) is 0.779. The van der Waals surface area contributed by atoms with Gasteiger partial charge in [0.05, 0.1) is 0 Å². The number of benzene rings is 1. The van der Waals surface area contributed by atoms with Gasteiger partial charge in [-0.05, 0) is 0 Å². The van der Waals surface area contributed by atoms with Crippen molar-refractivity contribution in [3.8, 4) is 0 Å². The van der Waals surface area contributed by atoms with Gasteiger partial charge < -0.3 is 4.74 Å². The van der Waals surface area contributed by atoms with Crippen molar-refractivity contribution in [2.24, 2.45) is 0 Å². The largest absolute Gasteiger partial charge is 0.423 e. The fourth-order valence-corrected chi connectivity index (χ4v) is 1.33. The quantitative estimate of drug-likeness (QED) is 0.526. The first-order valence-corrected chi connectivity index (χ1v) is 4.29. The Labute approximate surface area is 81.3 Å². The standard InChI is InChI=1S/C10H10O4/c1-8(11)13-10(7-12-14-10)9-5-3-2-4-6-9/h2-6H,7H2,1H3. The minimum absolute atomic E-state index is 0.233. The van der Waals surface area contributed by atoms with E-state index in [1.807, 2.05) is 30.3 Å². The molecule has 0 aliphatic carbocycles. The monoisotopic (exact) mass is 194 g/mol. The van der Waals surface area contributed by atoms with Crippen molar-refractivity contribution in [2.75, 3.05) is 6.61 Å². The van der Waals surface area contributed by atoms with Gasteiger partial charge in [-0.15, -0.1) is 0 Å². The molecule has 2 rings (SSSR count). The van der Waals surface area contributed by atoms with Crippen molar-refractivity contribution >= 4 is 5.97 Å². The van der Waals surface area contributed by atoms with Crippen molar-refractivity contribution in [1.82, 2.24) is 0 Å². The first-order chi connectivity index (χ1) is 6.73. The molecule has 1 aliphatic heterocycles. The van der Waals surface area contributed by atoms with E-state index in [9.17, 15) is 4.79 Å². The van der Waals surface area contributed by atoms with Crippen molar-refractivity contribution in [3.63, 3.8) is 0 Å². The molecule has 1 heterocycles. The van der Waals surface area contributed by atoms with E-state index in [1.165, 1.54) is 6.92 Å². The van der Waals surface area contributed by atoms with Crippen molar-refractivity contribution < 1.29 is 19.3 Å². The van der Waals surface area contributed by atoms with E-state index in [1.54, 1.807) is 0 Å². The molecule has 1 aromatic carbocycles. The van der Waals surface area contributed by atoms with E-state index in [-0.39, 0.29) is 6.61 Å². The highest BCUT2D eigenvalue weighted by Gasteiger charge is 2.46. The van der Waals surface area contributed by atoms with E-state index in [0.717, 1.165) is 5.56 Å². The topological polar surface area (TPSA) is 44.8 Å². The average molecular weight is 194 g/mol. The number of hydrogen-bond acceptors (Lipinski definition) is 4. The van der Waals surface area contributed by atoms with Crippen LogP contribution in [0.15, 0.2) is 30.3 Å². The molecule has 4 heteroatoms. The molecule has 1 fully saturated rings. The van der Waals surface area contributed by atoms with Gasteiger partial charge in [-0.1, -0.05) is 30.3 Å². The molecule has 4 nitrogen and oxygen atoms in total. The molecule has 0 radical (unpaired) electrons. The molecule has 0 spiro atoms. The second-order valence-electron chi connectivity index (χ2n) is 3.06. The molecule has 1 aromatic rings. The van der Waals surface area contributed by atoms with Gasteiger partial charge in [0, 0.05) is 12.5 Å². The summed E-state index contributed by atoms with van der Waals surface area (Å²) in [5.74, 6) is -1.43. The van der Waals surface area contributed by atoms with Gasteiger partial charge in [0.15, 0.2) is 6.61 Å². The van der Waals surface area contributed by atoms with Gasteiger partial charge >= 0.3 is 5.97 Å². The third-order valence-corrected chi connectivity index (χ3v) is 1.96. The molecule has 74 valence electrons. The minimum Gasteiger partial charge on any atom is -0.423 e. The smallest absolute Gasteiger partial charge is 0.305 e. The van der Waals surface area contributed by atoms with Gasteiger partial charge in [-0.3, -0.25) is 4.79 Å². The van der Waals surface area contributed by atoms with Crippen LogP contribution in [0, 0.1) is 0 Å². The van der Waals surface area contributed by atoms with Crippen LogP contribution in [0.3, 0.4) is 0 Å². The summed E-state index contributed by atoms with van der Waals surface area (Å²) in [6, 6.07) is 9.23. The maximum absolute atomic E-state index is 10.9. The zero-order chi connectivity index (χ0) is 10.0. The van der Waals surface area contributed by atoms with Crippen LogP contribution in [0.25, 0.3) is 0 Å². The Morgan fingerprint density at radius 1 is 1.43 bits per heavy atom. The highest BCUT2D eigenvalue weighted by Crippen LogP contribution is 2.35. The van der Waals surface area contributed by atoms with Gasteiger partial charge in [-0.25, -0.2) is 4.89 Å². The predicted molar refractivity (Wildman–Crippen MR) is 46.9 cm³/mol. The first-order valence-electron chi connectivity index (χ1n) is 4.29. The van der Waals surface area contributed by atoms with Crippen LogP contribution in [-0.4, -0.2) is 12.6 Å². The second kappa shape index (κ2) is 3.40. The molecule has 1 unspecified atom stereocenters. The zero-order valence-electron chi connectivity index (χ0n) is 7.73. The lowest BCUT2D eigenvalue weighted by Gasteiger charge is -2.38. The second-order valence-corrected chi connectivity index (χ2v) is 3.06. The van der Waals surface area contributed by atoms with Crippen LogP contribution < -0.4 is 0 Å². The molecule has 0 aromatic heterocycles. The minimum atomic E-state index is -1.03. The summed E-state index contributed by atoms with van der Waals surface area (Å²) in [5, 5.41) is 0. The van der Waals surface area contributed by atoms with Crippen LogP contribution in [0.1, 0.15) is 12.5 Å². The Bertz CT molecular complexity index is 329. The first kappa shape index (κ1) is 9.18. The summed E-state index contributed by atoms with van der Waals surface area (Å²) in [6.45, 7) is 1.57. The van der Waals surface area contributed by atoms with Crippen LogP contribution in [0.2, 0.25) is 0 Å². The third kappa shape index (κ3) is 1.49. The van der Waals surface area contributed by atoms with Gasteiger partial charge in [-0.2, -0.15) is 4.89 Å². The van der Waals surface area contributed by atoms with Crippen LogP contribution in [0.5, 0.6) is 0 Å². The molecule has 0 bridgehead atoms. The van der Waals surface area contributed by atoms with E-state index < -0.39 is 11.8 Å². The number of rotatable bonds is 2. The summed E-state index contributed by atoms with van der Waals surface area (Å²) >= 11 is 0. The lowest BCUT2D eigenvalue weighted by atomic mass is 10.1. The highest BCUT2D eigenvalue weighted by atomic mass is 17.3. The number of hydrogen-bond donors (Lipinski definition) is 0. The van der Waals surface area contributed by atoms with Gasteiger partial charge in [0.2, 0.25) is 0 Å². The fraction of sp³-hybridized carbons (Fsp3) is 0.300. The Kier molecular flexibility index (Phi) is 2.23. The van der Waals surface area contributed by atoms with Crippen molar-refractivity contribution in [2.45, 2.75) is 12.7 Å². The average Bonchev–Trinajstić information content (AvgIpc) is 2.12. The number of esters is 1. The SMILES string of the molecule is CC(=O)OC1(c2ccccc2)COO1. The molecule has 1 saturated heterocycles. The Morgan fingerprint density at radius 2 is 2.07 bits per heavy atom. The van der Waals surface area contributed by atoms with Crippen LogP contribution >= 0.6 is 0 Å². The lowest BCUT2D eigenvalue weighted by molar-refractivity contribution is -0.537. The van der Waals surface area contributed by atoms with E-state index in [0.29, 0.717) is 0 Å². The van der Waals surface area contributed by atoms with E-state index >= 15 is 0 Å². The Morgan fingerprint density at radius 3 is 2.50 bits per heavy atom. The highest BCUT2D eigenvalue weighted by molar-refractivity contribution is 5.66. The van der Waals surface area contributed by atoms with E-state index in [2.05, 4.69) is 4.89 Å². The lowest BCUT2D eigenvalue weighted by Crippen LogP contribution is -2.47. The maximum Gasteiger partial charge on any atom is 0.305 e. The summed E-state index contributed by atoms with van der Waals surface area (Å²) in [7, 11) is 0. The van der Waals surface area contributed by atoms with Gasteiger partial charge in [0.1, 0.15) is 0 Å². The molecule has 0 amide bonds. The third-order valence-electron chi connectivity index (χ3n) is 1.96. The van der Waals surface area contributed by atoms with Gasteiger partial charge in [0.25, 0.3) is 5.79 Å². The summed E-state index contributed by atoms with van der Waals surface area (Å²) in [6.07, 6.45) is 0. The number of carbonyl (C=O) groups excluding carboxylic acids is 1. The molecular weight excluding hydrogens is 184 g/mol. The summed E-state index contributed by atoms with van der Waals surface area (Å²) in [4.78, 5) is 20.4.